The molecule has 0 aliphatic heterocycles. The monoisotopic (exact) mass is 345 g/mol. The molecule has 0 radical (unpaired) electrons. The standard InChI is InChI=1S/C16H15N3O6/c1-3-24-16(21)13-7-10(2)25-14(13)9-17-18-15(20)11-5-4-6-12(8-11)19(22)23/h4-9H,3H2,1-2H3,(H,18,20)/b17-9+. The second-order valence-electron chi connectivity index (χ2n) is 4.86. The Bertz CT molecular complexity index is 840. The first-order chi connectivity index (χ1) is 11.9. The SMILES string of the molecule is CCOC(=O)c1cc(C)oc1/C=N/NC(=O)c1cccc([N+](=O)[O-])c1. The van der Waals surface area contributed by atoms with Gasteiger partial charge in [0.15, 0.2) is 5.76 Å². The molecule has 0 saturated carbocycles. The Kier molecular flexibility index (Phi) is 5.62. The predicted octanol–water partition coefficient (Wildman–Crippen LogP) is 2.44. The molecule has 1 heterocycles. The fraction of sp³-hybridized carbons (Fsp3) is 0.188. The number of carbonyl (C=O) groups is 2. The van der Waals surface area contributed by atoms with E-state index in [0.29, 0.717) is 5.76 Å². The van der Waals surface area contributed by atoms with Crippen LogP contribution >= 0.6 is 0 Å². The maximum absolute atomic E-state index is 12.0. The highest BCUT2D eigenvalue weighted by molar-refractivity contribution is 5.99. The van der Waals surface area contributed by atoms with Gasteiger partial charge in [-0.2, -0.15) is 5.10 Å². The molecule has 0 bridgehead atoms. The zero-order chi connectivity index (χ0) is 18.4. The van der Waals surface area contributed by atoms with Crippen molar-refractivity contribution in [1.29, 1.82) is 0 Å². The van der Waals surface area contributed by atoms with Gasteiger partial charge in [0.05, 0.1) is 17.7 Å². The van der Waals surface area contributed by atoms with Crippen LogP contribution in [0.25, 0.3) is 0 Å². The molecule has 9 heteroatoms. The van der Waals surface area contributed by atoms with E-state index in [1.54, 1.807) is 13.8 Å². The fourth-order valence-corrected chi connectivity index (χ4v) is 1.97. The number of hydrazone groups is 1. The lowest BCUT2D eigenvalue weighted by Gasteiger charge is -2.00. The highest BCUT2D eigenvalue weighted by Crippen LogP contribution is 2.15. The maximum Gasteiger partial charge on any atom is 0.342 e. The van der Waals surface area contributed by atoms with Crippen molar-refractivity contribution in [2.45, 2.75) is 13.8 Å². The van der Waals surface area contributed by atoms with Gasteiger partial charge in [-0.1, -0.05) is 6.07 Å². The average Bonchev–Trinajstić information content (AvgIpc) is 2.96. The number of furan rings is 1. The highest BCUT2D eigenvalue weighted by atomic mass is 16.6. The van der Waals surface area contributed by atoms with Gasteiger partial charge in [-0.3, -0.25) is 14.9 Å². The number of non-ortho nitro benzene ring substituents is 1. The minimum absolute atomic E-state index is 0.0765. The Morgan fingerprint density at radius 2 is 2.16 bits per heavy atom. The second kappa shape index (κ2) is 7.86. The van der Waals surface area contributed by atoms with Crippen molar-refractivity contribution in [3.8, 4) is 0 Å². The summed E-state index contributed by atoms with van der Waals surface area (Å²) < 4.78 is 10.2. The third-order valence-corrected chi connectivity index (χ3v) is 3.05. The van der Waals surface area contributed by atoms with Gasteiger partial charge in [0.1, 0.15) is 11.3 Å². The number of nitro benzene ring substituents is 1. The molecule has 2 rings (SSSR count). The first kappa shape index (κ1) is 17.9. The average molecular weight is 345 g/mol. The van der Waals surface area contributed by atoms with E-state index in [9.17, 15) is 19.7 Å². The van der Waals surface area contributed by atoms with Crippen LogP contribution in [0.3, 0.4) is 0 Å². The Balaban J connectivity index is 2.11. The Hall–Kier alpha value is -3.49. The molecule has 1 aromatic heterocycles. The summed E-state index contributed by atoms with van der Waals surface area (Å²) in [5.74, 6) is -0.587. The van der Waals surface area contributed by atoms with E-state index in [1.807, 2.05) is 0 Å². The van der Waals surface area contributed by atoms with Crippen molar-refractivity contribution in [3.63, 3.8) is 0 Å². The van der Waals surface area contributed by atoms with Crippen LogP contribution in [0.2, 0.25) is 0 Å². The summed E-state index contributed by atoms with van der Waals surface area (Å²) in [6.07, 6.45) is 1.16. The predicted molar refractivity (Wildman–Crippen MR) is 87.6 cm³/mol. The van der Waals surface area contributed by atoms with Crippen LogP contribution in [0.5, 0.6) is 0 Å². The molecule has 0 atom stereocenters. The number of aryl methyl sites for hydroxylation is 1. The van der Waals surface area contributed by atoms with Crippen molar-refractivity contribution in [1.82, 2.24) is 5.43 Å². The van der Waals surface area contributed by atoms with Gasteiger partial charge >= 0.3 is 5.97 Å². The molecule has 0 saturated heterocycles. The number of hydrogen-bond donors (Lipinski definition) is 1. The number of rotatable bonds is 6. The summed E-state index contributed by atoms with van der Waals surface area (Å²) in [6.45, 7) is 3.54. The lowest BCUT2D eigenvalue weighted by molar-refractivity contribution is -0.384. The number of esters is 1. The number of hydrogen-bond acceptors (Lipinski definition) is 7. The second-order valence-corrected chi connectivity index (χ2v) is 4.86. The molecule has 0 unspecified atom stereocenters. The molecule has 0 aliphatic rings. The first-order valence-electron chi connectivity index (χ1n) is 7.27. The normalized spacial score (nSPS) is 10.6. The number of benzene rings is 1. The van der Waals surface area contributed by atoms with E-state index in [2.05, 4.69) is 10.5 Å². The van der Waals surface area contributed by atoms with E-state index in [1.165, 1.54) is 24.3 Å². The van der Waals surface area contributed by atoms with Crippen LogP contribution in [0.4, 0.5) is 5.69 Å². The molecule has 0 spiro atoms. The van der Waals surface area contributed by atoms with Crippen LogP contribution in [-0.4, -0.2) is 29.6 Å². The van der Waals surface area contributed by atoms with Crippen molar-refractivity contribution < 1.29 is 23.7 Å². The van der Waals surface area contributed by atoms with Crippen LogP contribution < -0.4 is 5.43 Å². The third-order valence-electron chi connectivity index (χ3n) is 3.05. The van der Waals surface area contributed by atoms with Gasteiger partial charge in [0.2, 0.25) is 0 Å². The van der Waals surface area contributed by atoms with Gasteiger partial charge in [0, 0.05) is 17.7 Å². The molecule has 0 fully saturated rings. The van der Waals surface area contributed by atoms with Gasteiger partial charge in [-0.15, -0.1) is 0 Å². The Labute approximate surface area is 142 Å². The van der Waals surface area contributed by atoms with E-state index in [-0.39, 0.29) is 29.2 Å². The maximum atomic E-state index is 12.0. The summed E-state index contributed by atoms with van der Waals surface area (Å²) in [7, 11) is 0. The summed E-state index contributed by atoms with van der Waals surface area (Å²) in [5.41, 5.74) is 2.28. The topological polar surface area (TPSA) is 124 Å². The first-order valence-corrected chi connectivity index (χ1v) is 7.27. The molecule has 1 aromatic carbocycles. The number of nitrogens with zero attached hydrogens (tertiary/aromatic N) is 2. The van der Waals surface area contributed by atoms with Gasteiger partial charge in [-0.05, 0) is 26.0 Å². The zero-order valence-electron chi connectivity index (χ0n) is 13.5. The van der Waals surface area contributed by atoms with Crippen LogP contribution in [-0.2, 0) is 4.74 Å². The van der Waals surface area contributed by atoms with Crippen LogP contribution in [0.1, 0.15) is 39.2 Å². The largest absolute Gasteiger partial charge is 0.462 e. The van der Waals surface area contributed by atoms with Crippen molar-refractivity contribution in [2.75, 3.05) is 6.61 Å². The summed E-state index contributed by atoms with van der Waals surface area (Å²) in [6, 6.07) is 6.72. The summed E-state index contributed by atoms with van der Waals surface area (Å²) in [5, 5.41) is 14.4. The molecular formula is C16H15N3O6. The van der Waals surface area contributed by atoms with E-state index >= 15 is 0 Å². The quantitative estimate of drug-likeness (QED) is 0.371. The molecule has 1 N–H and O–H groups in total. The van der Waals surface area contributed by atoms with Crippen molar-refractivity contribution in [3.05, 3.63) is 63.1 Å². The number of nitrogens with one attached hydrogen (secondary N) is 1. The van der Waals surface area contributed by atoms with E-state index in [0.717, 1.165) is 12.3 Å². The minimum Gasteiger partial charge on any atom is -0.462 e. The summed E-state index contributed by atoms with van der Waals surface area (Å²) in [4.78, 5) is 33.9. The smallest absolute Gasteiger partial charge is 0.342 e. The lowest BCUT2D eigenvalue weighted by atomic mass is 10.2. The number of nitro groups is 1. The molecule has 1 amide bonds. The number of ether oxygens (including phenoxy) is 1. The van der Waals surface area contributed by atoms with Crippen LogP contribution in [0.15, 0.2) is 39.9 Å². The fourth-order valence-electron chi connectivity index (χ4n) is 1.97. The molecule has 130 valence electrons. The van der Waals surface area contributed by atoms with Crippen molar-refractivity contribution >= 4 is 23.8 Å². The zero-order valence-corrected chi connectivity index (χ0v) is 13.5. The summed E-state index contributed by atoms with van der Waals surface area (Å²) >= 11 is 0. The number of amides is 1. The van der Waals surface area contributed by atoms with Crippen molar-refractivity contribution in [2.24, 2.45) is 5.10 Å². The molecule has 25 heavy (non-hydrogen) atoms. The third kappa shape index (κ3) is 4.50. The molecule has 2 aromatic rings. The van der Waals surface area contributed by atoms with E-state index < -0.39 is 16.8 Å². The molecular weight excluding hydrogens is 330 g/mol. The van der Waals surface area contributed by atoms with Gasteiger partial charge in [0.25, 0.3) is 11.6 Å². The lowest BCUT2D eigenvalue weighted by Crippen LogP contribution is -2.17. The minimum atomic E-state index is -0.638. The molecule has 9 nitrogen and oxygen atoms in total. The van der Waals surface area contributed by atoms with Gasteiger partial charge in [-0.25, -0.2) is 10.2 Å². The van der Waals surface area contributed by atoms with E-state index in [4.69, 9.17) is 9.15 Å². The van der Waals surface area contributed by atoms with Crippen LogP contribution in [0, 0.1) is 17.0 Å². The highest BCUT2D eigenvalue weighted by Gasteiger charge is 2.16. The van der Waals surface area contributed by atoms with Gasteiger partial charge < -0.3 is 9.15 Å². The molecule has 0 aliphatic carbocycles. The Morgan fingerprint density at radius 3 is 2.84 bits per heavy atom. The Morgan fingerprint density at radius 1 is 1.40 bits per heavy atom. The number of carbonyl (C=O) groups excluding carboxylic acids is 2.